The van der Waals surface area contributed by atoms with E-state index in [1.165, 1.54) is 23.5 Å². The summed E-state index contributed by atoms with van der Waals surface area (Å²) < 4.78 is 31.9. The Hall–Kier alpha value is -1.31. The third-order valence-electron chi connectivity index (χ3n) is 3.11. The Bertz CT molecular complexity index is 559. The average molecular weight is 315 g/mol. The molecule has 0 radical (unpaired) electrons. The smallest absolute Gasteiger partial charge is 0.243 e. The van der Waals surface area contributed by atoms with E-state index >= 15 is 0 Å². The van der Waals surface area contributed by atoms with Gasteiger partial charge in [0, 0.05) is 19.6 Å². The fraction of sp³-hybridized carbons (Fsp3) is 0.571. The molecule has 1 aromatic carbocycles. The molecule has 0 aliphatic carbocycles. The predicted octanol–water partition coefficient (Wildman–Crippen LogP) is 1.24. The molecule has 0 atom stereocenters. The van der Waals surface area contributed by atoms with Crippen LogP contribution in [-0.2, 0) is 10.0 Å². The minimum Gasteiger partial charge on any atom is -0.495 e. The molecule has 0 amide bonds. The molecule has 0 bridgehead atoms. The summed E-state index contributed by atoms with van der Waals surface area (Å²) in [7, 11) is 1.80. The normalized spacial score (nSPS) is 12.1. The molecule has 2 N–H and O–H groups in total. The second-order valence-corrected chi connectivity index (χ2v) is 7.05. The van der Waals surface area contributed by atoms with Gasteiger partial charge >= 0.3 is 0 Å². The summed E-state index contributed by atoms with van der Waals surface area (Å²) in [5, 5.41) is 0. The highest BCUT2D eigenvalue weighted by atomic mass is 32.2. The molecule has 0 heterocycles. The van der Waals surface area contributed by atoms with E-state index in [1.807, 2.05) is 25.9 Å². The fourth-order valence-electron chi connectivity index (χ4n) is 1.94. The Morgan fingerprint density at radius 3 is 2.33 bits per heavy atom. The standard InChI is InChI=1S/C14H25N3O3S/c1-5-8-17(10-9-16(2)3)21(18,19)12-6-7-14(20-4)13(15)11-12/h6-7,11H,5,8-10,15H2,1-4H3. The van der Waals surface area contributed by atoms with Crippen LogP contribution in [0.4, 0.5) is 5.69 Å². The van der Waals surface area contributed by atoms with Crippen LogP contribution in [0.15, 0.2) is 23.1 Å². The van der Waals surface area contributed by atoms with Gasteiger partial charge < -0.3 is 15.4 Å². The number of sulfonamides is 1. The SMILES string of the molecule is CCCN(CCN(C)C)S(=O)(=O)c1ccc(OC)c(N)c1. The van der Waals surface area contributed by atoms with Crippen molar-refractivity contribution in [1.29, 1.82) is 0 Å². The van der Waals surface area contributed by atoms with Gasteiger partial charge in [-0.3, -0.25) is 0 Å². The first-order valence-corrected chi connectivity index (χ1v) is 8.35. The molecule has 0 aliphatic heterocycles. The minimum atomic E-state index is -3.54. The number of likely N-dealkylation sites (N-methyl/N-ethyl adjacent to an activating group) is 1. The van der Waals surface area contributed by atoms with Crippen LogP contribution in [-0.4, -0.2) is 58.5 Å². The highest BCUT2D eigenvalue weighted by Crippen LogP contribution is 2.26. The van der Waals surface area contributed by atoms with Gasteiger partial charge in [0.25, 0.3) is 0 Å². The van der Waals surface area contributed by atoms with Crippen LogP contribution < -0.4 is 10.5 Å². The number of methoxy groups -OCH3 is 1. The topological polar surface area (TPSA) is 75.9 Å². The van der Waals surface area contributed by atoms with Gasteiger partial charge in [-0.1, -0.05) is 6.92 Å². The first kappa shape index (κ1) is 17.7. The lowest BCUT2D eigenvalue weighted by Gasteiger charge is -2.23. The lowest BCUT2D eigenvalue weighted by Crippen LogP contribution is -2.37. The summed E-state index contributed by atoms with van der Waals surface area (Å²) in [5.41, 5.74) is 6.13. The molecule has 6 nitrogen and oxygen atoms in total. The zero-order valence-corrected chi connectivity index (χ0v) is 14.0. The Morgan fingerprint density at radius 1 is 1.19 bits per heavy atom. The van der Waals surface area contributed by atoms with Crippen molar-refractivity contribution in [2.45, 2.75) is 18.2 Å². The molecular weight excluding hydrogens is 290 g/mol. The highest BCUT2D eigenvalue weighted by molar-refractivity contribution is 7.89. The summed E-state index contributed by atoms with van der Waals surface area (Å²) in [4.78, 5) is 2.16. The number of anilines is 1. The molecule has 0 spiro atoms. The molecule has 1 aromatic rings. The zero-order valence-electron chi connectivity index (χ0n) is 13.2. The van der Waals surface area contributed by atoms with Gasteiger partial charge in [0.1, 0.15) is 5.75 Å². The van der Waals surface area contributed by atoms with Crippen molar-refractivity contribution in [2.24, 2.45) is 0 Å². The van der Waals surface area contributed by atoms with E-state index < -0.39 is 10.0 Å². The molecule has 21 heavy (non-hydrogen) atoms. The lowest BCUT2D eigenvalue weighted by molar-refractivity contribution is 0.333. The Labute approximate surface area is 127 Å². The van der Waals surface area contributed by atoms with Crippen molar-refractivity contribution in [3.8, 4) is 5.75 Å². The number of nitrogen functional groups attached to an aromatic ring is 1. The first-order valence-electron chi connectivity index (χ1n) is 6.91. The van der Waals surface area contributed by atoms with Crippen molar-refractivity contribution >= 4 is 15.7 Å². The zero-order chi connectivity index (χ0) is 16.0. The van der Waals surface area contributed by atoms with E-state index in [2.05, 4.69) is 0 Å². The maximum atomic E-state index is 12.7. The minimum absolute atomic E-state index is 0.202. The maximum absolute atomic E-state index is 12.7. The van der Waals surface area contributed by atoms with Crippen molar-refractivity contribution in [3.05, 3.63) is 18.2 Å². The number of nitrogens with two attached hydrogens (primary N) is 1. The molecule has 120 valence electrons. The van der Waals surface area contributed by atoms with Crippen molar-refractivity contribution in [2.75, 3.05) is 46.6 Å². The molecule has 0 aliphatic rings. The van der Waals surface area contributed by atoms with E-state index in [9.17, 15) is 8.42 Å². The molecule has 7 heteroatoms. The van der Waals surface area contributed by atoms with Crippen LogP contribution in [0.25, 0.3) is 0 Å². The van der Waals surface area contributed by atoms with Crippen LogP contribution in [0.1, 0.15) is 13.3 Å². The number of benzene rings is 1. The van der Waals surface area contributed by atoms with Gasteiger partial charge in [-0.15, -0.1) is 0 Å². The number of hydrogen-bond donors (Lipinski definition) is 1. The highest BCUT2D eigenvalue weighted by Gasteiger charge is 2.24. The van der Waals surface area contributed by atoms with Crippen molar-refractivity contribution < 1.29 is 13.2 Å². The fourth-order valence-corrected chi connectivity index (χ4v) is 3.49. The molecule has 1 rings (SSSR count). The van der Waals surface area contributed by atoms with Crippen LogP contribution in [0, 0.1) is 0 Å². The van der Waals surface area contributed by atoms with E-state index in [1.54, 1.807) is 6.07 Å². The summed E-state index contributed by atoms with van der Waals surface area (Å²) >= 11 is 0. The molecule has 0 unspecified atom stereocenters. The first-order chi connectivity index (χ1) is 9.82. The van der Waals surface area contributed by atoms with Crippen molar-refractivity contribution in [1.82, 2.24) is 9.21 Å². The van der Waals surface area contributed by atoms with E-state index in [0.717, 1.165) is 6.42 Å². The van der Waals surface area contributed by atoms with Crippen LogP contribution in [0.3, 0.4) is 0 Å². The van der Waals surface area contributed by atoms with Crippen LogP contribution in [0.5, 0.6) is 5.75 Å². The summed E-state index contributed by atoms with van der Waals surface area (Å²) in [5.74, 6) is 0.476. The van der Waals surface area contributed by atoms with E-state index in [-0.39, 0.29) is 4.90 Å². The van der Waals surface area contributed by atoms with E-state index in [4.69, 9.17) is 10.5 Å². The largest absolute Gasteiger partial charge is 0.495 e. The molecular formula is C14H25N3O3S. The number of nitrogens with zero attached hydrogens (tertiary/aromatic N) is 2. The monoisotopic (exact) mass is 315 g/mol. The molecule has 0 saturated carbocycles. The second-order valence-electron chi connectivity index (χ2n) is 5.11. The average Bonchev–Trinajstić information content (AvgIpc) is 2.42. The van der Waals surface area contributed by atoms with Gasteiger partial charge in [0.15, 0.2) is 0 Å². The summed E-state index contributed by atoms with van der Waals surface area (Å²) in [6, 6.07) is 4.56. The molecule has 0 fully saturated rings. The van der Waals surface area contributed by atoms with Crippen LogP contribution in [0.2, 0.25) is 0 Å². The van der Waals surface area contributed by atoms with Gasteiger partial charge in [-0.25, -0.2) is 8.42 Å². The quantitative estimate of drug-likeness (QED) is 0.731. The number of rotatable bonds is 8. The van der Waals surface area contributed by atoms with E-state index in [0.29, 0.717) is 31.1 Å². The third kappa shape index (κ3) is 4.59. The summed E-state index contributed by atoms with van der Waals surface area (Å²) in [6.45, 7) is 3.57. The van der Waals surface area contributed by atoms with Gasteiger partial charge in [-0.2, -0.15) is 4.31 Å². The Kier molecular flexibility index (Phi) is 6.44. The molecule has 0 aromatic heterocycles. The van der Waals surface area contributed by atoms with Gasteiger partial charge in [0.05, 0.1) is 17.7 Å². The third-order valence-corrected chi connectivity index (χ3v) is 5.00. The second kappa shape index (κ2) is 7.63. The maximum Gasteiger partial charge on any atom is 0.243 e. The lowest BCUT2D eigenvalue weighted by atomic mass is 10.3. The van der Waals surface area contributed by atoms with Crippen molar-refractivity contribution in [3.63, 3.8) is 0 Å². The molecule has 0 saturated heterocycles. The summed E-state index contributed by atoms with van der Waals surface area (Å²) in [6.07, 6.45) is 0.762. The van der Waals surface area contributed by atoms with Gasteiger partial charge in [-0.05, 0) is 38.7 Å². The Morgan fingerprint density at radius 2 is 1.86 bits per heavy atom. The number of ether oxygens (including phenoxy) is 1. The number of hydrogen-bond acceptors (Lipinski definition) is 5. The van der Waals surface area contributed by atoms with Crippen LogP contribution >= 0.6 is 0 Å². The van der Waals surface area contributed by atoms with Gasteiger partial charge in [0.2, 0.25) is 10.0 Å². The Balaban J connectivity index is 3.07. The predicted molar refractivity (Wildman–Crippen MR) is 85.0 cm³/mol.